The molecule has 0 amide bonds. The monoisotopic (exact) mass is 393 g/mol. The number of sulfone groups is 1. The summed E-state index contributed by atoms with van der Waals surface area (Å²) >= 11 is 0. The molecule has 2 aromatic rings. The summed E-state index contributed by atoms with van der Waals surface area (Å²) in [6.45, 7) is 7.52. The lowest BCUT2D eigenvalue weighted by Crippen LogP contribution is -2.03. The number of carbonyl (C=O) groups excluding carboxylic acids is 2. The van der Waals surface area contributed by atoms with Crippen LogP contribution in [-0.2, 0) is 14.6 Å². The van der Waals surface area contributed by atoms with Crippen LogP contribution in [0.3, 0.4) is 0 Å². The summed E-state index contributed by atoms with van der Waals surface area (Å²) in [7, 11) is -3.31. The zero-order valence-electron chi connectivity index (χ0n) is 16.9. The maximum Gasteiger partial charge on any atom is 0.209 e. The van der Waals surface area contributed by atoms with Gasteiger partial charge in [0.15, 0.2) is 9.84 Å². The van der Waals surface area contributed by atoms with Crippen LogP contribution in [0.15, 0.2) is 47.5 Å². The van der Waals surface area contributed by atoms with Gasteiger partial charge in [-0.05, 0) is 26.0 Å². The van der Waals surface area contributed by atoms with Crippen molar-refractivity contribution in [3.8, 4) is 0 Å². The molecule has 0 aliphatic heterocycles. The zero-order valence-corrected chi connectivity index (χ0v) is 17.7. The zero-order chi connectivity index (χ0) is 20.9. The van der Waals surface area contributed by atoms with E-state index < -0.39 is 9.84 Å². The highest BCUT2D eigenvalue weighted by atomic mass is 32.2. The van der Waals surface area contributed by atoms with E-state index in [2.05, 4.69) is 18.8 Å². The molecule has 27 heavy (non-hydrogen) atoms. The van der Waals surface area contributed by atoms with Crippen LogP contribution in [0.1, 0.15) is 69.4 Å². The van der Waals surface area contributed by atoms with Crippen LogP contribution in [0.4, 0.5) is 0 Å². The van der Waals surface area contributed by atoms with E-state index in [0.717, 1.165) is 6.26 Å². The van der Waals surface area contributed by atoms with Crippen molar-refractivity contribution in [1.82, 2.24) is 4.98 Å². The van der Waals surface area contributed by atoms with Crippen molar-refractivity contribution in [3.63, 3.8) is 0 Å². The number of hydrogen-bond acceptors (Lipinski definition) is 4. The molecule has 0 saturated carbocycles. The van der Waals surface area contributed by atoms with Crippen molar-refractivity contribution < 1.29 is 18.0 Å². The normalized spacial score (nSPS) is 10.1. The predicted molar refractivity (Wildman–Crippen MR) is 110 cm³/mol. The van der Waals surface area contributed by atoms with Crippen LogP contribution in [-0.4, -0.2) is 31.2 Å². The molecule has 0 unspecified atom stereocenters. The van der Waals surface area contributed by atoms with E-state index in [1.54, 1.807) is 24.3 Å². The average molecular weight is 394 g/mol. The number of H-pyrrole nitrogens is 1. The third-order valence-electron chi connectivity index (χ3n) is 3.30. The van der Waals surface area contributed by atoms with Crippen LogP contribution >= 0.6 is 0 Å². The highest BCUT2D eigenvalue weighted by molar-refractivity contribution is 7.90. The lowest BCUT2D eigenvalue weighted by molar-refractivity contribution is -0.115. The fraction of sp³-hybridized carbons (Fsp3) is 0.429. The molecule has 0 aliphatic carbocycles. The van der Waals surface area contributed by atoms with Crippen LogP contribution in [0.25, 0.3) is 0 Å². The SMILES string of the molecule is CC(C)=O.CCCCCC.CS(=O)(=O)c1ccc(C(=O)c2ccccc2)[nH]1. The summed E-state index contributed by atoms with van der Waals surface area (Å²) in [5.74, 6) is -0.0551. The van der Waals surface area contributed by atoms with Gasteiger partial charge < -0.3 is 9.78 Å². The van der Waals surface area contributed by atoms with E-state index in [4.69, 9.17) is 0 Å². The number of hydrogen-bond donors (Lipinski definition) is 1. The van der Waals surface area contributed by atoms with Crippen molar-refractivity contribution in [3.05, 3.63) is 53.7 Å². The number of benzene rings is 1. The third kappa shape index (κ3) is 11.2. The lowest BCUT2D eigenvalue weighted by Gasteiger charge is -1.97. The molecular formula is C21H31NO4S. The number of Topliss-reactive ketones (excluding diaryl/α,β-unsaturated/α-hetero) is 1. The van der Waals surface area contributed by atoms with E-state index in [-0.39, 0.29) is 22.3 Å². The maximum absolute atomic E-state index is 12.0. The minimum Gasteiger partial charge on any atom is -0.343 e. The second-order valence-corrected chi connectivity index (χ2v) is 8.30. The van der Waals surface area contributed by atoms with Gasteiger partial charge >= 0.3 is 0 Å². The lowest BCUT2D eigenvalue weighted by atomic mass is 10.1. The highest BCUT2D eigenvalue weighted by Crippen LogP contribution is 2.12. The van der Waals surface area contributed by atoms with Crippen molar-refractivity contribution in [2.75, 3.05) is 6.26 Å². The van der Waals surface area contributed by atoms with Crippen molar-refractivity contribution in [1.29, 1.82) is 0 Å². The molecule has 1 aromatic heterocycles. The van der Waals surface area contributed by atoms with Crippen molar-refractivity contribution in [2.24, 2.45) is 0 Å². The fourth-order valence-electron chi connectivity index (χ4n) is 1.97. The summed E-state index contributed by atoms with van der Waals surface area (Å²) < 4.78 is 22.5. The second-order valence-electron chi connectivity index (χ2n) is 6.32. The largest absolute Gasteiger partial charge is 0.343 e. The Morgan fingerprint density at radius 3 is 1.74 bits per heavy atom. The molecule has 6 heteroatoms. The number of nitrogens with one attached hydrogen (secondary N) is 1. The van der Waals surface area contributed by atoms with Crippen molar-refractivity contribution >= 4 is 21.4 Å². The summed E-state index contributed by atoms with van der Waals surface area (Å²) in [5, 5.41) is 0.0526. The molecule has 1 aromatic carbocycles. The molecule has 0 saturated heterocycles. The van der Waals surface area contributed by atoms with Gasteiger partial charge in [-0.2, -0.15) is 0 Å². The fourth-order valence-corrected chi connectivity index (χ4v) is 2.58. The van der Waals surface area contributed by atoms with E-state index in [1.807, 2.05) is 6.07 Å². The molecule has 0 atom stereocenters. The molecule has 2 rings (SSSR count). The first kappa shape index (κ1) is 24.8. The average Bonchev–Trinajstić information content (AvgIpc) is 3.10. The van der Waals surface area contributed by atoms with Gasteiger partial charge in [-0.3, -0.25) is 4.79 Å². The number of aromatic nitrogens is 1. The Morgan fingerprint density at radius 2 is 1.37 bits per heavy atom. The molecule has 1 N–H and O–H groups in total. The minimum absolute atomic E-state index is 0.0526. The molecule has 5 nitrogen and oxygen atoms in total. The first-order valence-corrected chi connectivity index (χ1v) is 11.0. The molecule has 0 fully saturated rings. The van der Waals surface area contributed by atoms with Gasteiger partial charge in [0, 0.05) is 11.8 Å². The molecule has 0 spiro atoms. The highest BCUT2D eigenvalue weighted by Gasteiger charge is 2.14. The summed E-state index contributed by atoms with van der Waals surface area (Å²) in [6, 6.07) is 11.6. The van der Waals surface area contributed by atoms with Gasteiger partial charge in [0.25, 0.3) is 0 Å². The first-order chi connectivity index (χ1) is 12.6. The Kier molecular flexibility index (Phi) is 12.0. The predicted octanol–water partition coefficient (Wildman–Crippen LogP) is 4.83. The third-order valence-corrected chi connectivity index (χ3v) is 4.33. The molecule has 150 valence electrons. The van der Waals surface area contributed by atoms with Crippen LogP contribution in [0.5, 0.6) is 0 Å². The summed E-state index contributed by atoms with van der Waals surface area (Å²) in [5.41, 5.74) is 0.797. The van der Waals surface area contributed by atoms with E-state index in [0.29, 0.717) is 5.56 Å². The van der Waals surface area contributed by atoms with E-state index >= 15 is 0 Å². The first-order valence-electron chi connectivity index (χ1n) is 9.09. The molecule has 0 radical (unpaired) electrons. The van der Waals surface area contributed by atoms with E-state index in [9.17, 15) is 18.0 Å². The summed E-state index contributed by atoms with van der Waals surface area (Å²) in [4.78, 5) is 24.0. The number of unbranched alkanes of at least 4 members (excludes halogenated alkanes) is 3. The van der Waals surface area contributed by atoms with Crippen LogP contribution in [0, 0.1) is 0 Å². The smallest absolute Gasteiger partial charge is 0.209 e. The Balaban J connectivity index is 0.000000564. The second kappa shape index (κ2) is 13.0. The topological polar surface area (TPSA) is 84.1 Å². The van der Waals surface area contributed by atoms with Crippen LogP contribution < -0.4 is 0 Å². The number of aromatic amines is 1. The van der Waals surface area contributed by atoms with Gasteiger partial charge in [0.2, 0.25) is 5.78 Å². The number of ketones is 2. The van der Waals surface area contributed by atoms with E-state index in [1.165, 1.54) is 51.7 Å². The molecular weight excluding hydrogens is 362 g/mol. The van der Waals surface area contributed by atoms with Crippen LogP contribution in [0.2, 0.25) is 0 Å². The van der Waals surface area contributed by atoms with Crippen molar-refractivity contribution in [2.45, 2.75) is 58.4 Å². The van der Waals surface area contributed by atoms with Gasteiger partial charge in [-0.1, -0.05) is 69.9 Å². The molecule has 1 heterocycles. The minimum atomic E-state index is -3.31. The molecule has 0 aliphatic rings. The van der Waals surface area contributed by atoms with Gasteiger partial charge in [-0.15, -0.1) is 0 Å². The number of carbonyl (C=O) groups is 2. The molecule has 0 bridgehead atoms. The standard InChI is InChI=1S/C12H11NO3S.C6H14.C3H6O/c1-17(15,16)11-8-7-10(13-11)12(14)9-5-3-2-4-6-9;1-3-5-6-4-2;1-3(2)4/h2-8,13H,1H3;3-6H2,1-2H3;1-2H3. The Morgan fingerprint density at radius 1 is 0.889 bits per heavy atom. The Labute approximate surface area is 163 Å². The Bertz CT molecular complexity index is 785. The summed E-state index contributed by atoms with van der Waals surface area (Å²) in [6.07, 6.45) is 6.63. The van der Waals surface area contributed by atoms with Gasteiger partial charge in [0.1, 0.15) is 10.8 Å². The van der Waals surface area contributed by atoms with Gasteiger partial charge in [0.05, 0.1) is 5.69 Å². The number of rotatable bonds is 6. The Hall–Kier alpha value is -2.21. The quantitative estimate of drug-likeness (QED) is 0.563. The maximum atomic E-state index is 12.0. The van der Waals surface area contributed by atoms with Gasteiger partial charge in [-0.25, -0.2) is 8.42 Å².